The Morgan fingerprint density at radius 3 is 2.41 bits per heavy atom. The molecule has 1 saturated heterocycles. The highest BCUT2D eigenvalue weighted by molar-refractivity contribution is 5.94. The first-order valence-corrected chi connectivity index (χ1v) is 9.47. The van der Waals surface area contributed by atoms with E-state index in [1.54, 1.807) is 19.9 Å². The maximum absolute atomic E-state index is 12.9. The highest BCUT2D eigenvalue weighted by Crippen LogP contribution is 2.27. The summed E-state index contributed by atoms with van der Waals surface area (Å²) < 4.78 is 0. The molecule has 0 saturated carbocycles. The van der Waals surface area contributed by atoms with Crippen molar-refractivity contribution < 1.29 is 15.0 Å². The van der Waals surface area contributed by atoms with E-state index in [1.165, 1.54) is 0 Å². The van der Waals surface area contributed by atoms with Crippen molar-refractivity contribution in [3.63, 3.8) is 0 Å². The summed E-state index contributed by atoms with van der Waals surface area (Å²) >= 11 is 0. The Balaban J connectivity index is 1.62. The van der Waals surface area contributed by atoms with E-state index in [0.717, 1.165) is 17.7 Å². The third-order valence-electron chi connectivity index (χ3n) is 4.99. The number of piperazine rings is 1. The summed E-state index contributed by atoms with van der Waals surface area (Å²) in [6, 6.07) is 15.0. The van der Waals surface area contributed by atoms with Crippen LogP contribution in [0.15, 0.2) is 48.5 Å². The zero-order valence-corrected chi connectivity index (χ0v) is 16.1. The molecule has 2 N–H and O–H groups in total. The van der Waals surface area contributed by atoms with E-state index in [0.29, 0.717) is 38.2 Å². The number of para-hydroxylation sites is 2. The van der Waals surface area contributed by atoms with E-state index in [4.69, 9.17) is 0 Å². The lowest BCUT2D eigenvalue weighted by molar-refractivity contribution is 0.0714. The van der Waals surface area contributed by atoms with Gasteiger partial charge in [-0.1, -0.05) is 24.3 Å². The van der Waals surface area contributed by atoms with Crippen molar-refractivity contribution in [2.45, 2.75) is 32.3 Å². The lowest BCUT2D eigenvalue weighted by atomic mass is 9.97. The lowest BCUT2D eigenvalue weighted by Gasteiger charge is -2.36. The van der Waals surface area contributed by atoms with Crippen LogP contribution in [0.5, 0.6) is 5.75 Å². The molecule has 0 radical (unpaired) electrons. The molecule has 0 atom stereocenters. The van der Waals surface area contributed by atoms with Gasteiger partial charge in [-0.2, -0.15) is 0 Å². The van der Waals surface area contributed by atoms with E-state index in [9.17, 15) is 15.0 Å². The Morgan fingerprint density at radius 2 is 1.74 bits per heavy atom. The van der Waals surface area contributed by atoms with Gasteiger partial charge in [0, 0.05) is 31.7 Å². The van der Waals surface area contributed by atoms with Crippen LogP contribution >= 0.6 is 0 Å². The van der Waals surface area contributed by atoms with Crippen LogP contribution in [0.25, 0.3) is 0 Å². The third-order valence-corrected chi connectivity index (χ3v) is 4.99. The standard InChI is InChI=1S/C22H28N2O3/c1-22(2,27)11-10-17-6-5-7-18(16-17)21(26)24-14-12-23(13-15-24)19-8-3-4-9-20(19)25/h3-9,16,25,27H,10-15H2,1-2H3. The molecule has 1 aliphatic heterocycles. The molecule has 2 aromatic rings. The van der Waals surface area contributed by atoms with Gasteiger partial charge in [0.15, 0.2) is 0 Å². The number of nitrogens with zero attached hydrogens (tertiary/aromatic N) is 2. The van der Waals surface area contributed by atoms with E-state index in [2.05, 4.69) is 4.90 Å². The van der Waals surface area contributed by atoms with Crippen molar-refractivity contribution in [2.75, 3.05) is 31.1 Å². The molecule has 1 heterocycles. The van der Waals surface area contributed by atoms with Gasteiger partial charge in [0.05, 0.1) is 11.3 Å². The molecule has 144 valence electrons. The first-order valence-electron chi connectivity index (χ1n) is 9.47. The fourth-order valence-electron chi connectivity index (χ4n) is 3.37. The maximum atomic E-state index is 12.9. The Hall–Kier alpha value is -2.53. The number of aryl methyl sites for hydroxylation is 1. The minimum atomic E-state index is -0.709. The maximum Gasteiger partial charge on any atom is 0.253 e. The number of phenolic OH excluding ortho intramolecular Hbond substituents is 1. The van der Waals surface area contributed by atoms with Crippen LogP contribution in [-0.4, -0.2) is 52.8 Å². The van der Waals surface area contributed by atoms with Crippen molar-refractivity contribution in [3.8, 4) is 5.75 Å². The van der Waals surface area contributed by atoms with E-state index < -0.39 is 5.60 Å². The summed E-state index contributed by atoms with van der Waals surface area (Å²) in [4.78, 5) is 16.8. The van der Waals surface area contributed by atoms with Crippen LogP contribution in [0, 0.1) is 0 Å². The molecule has 1 aliphatic rings. The van der Waals surface area contributed by atoms with Crippen LogP contribution in [0.1, 0.15) is 36.2 Å². The number of carbonyl (C=O) groups is 1. The van der Waals surface area contributed by atoms with Crippen molar-refractivity contribution in [1.29, 1.82) is 0 Å². The predicted molar refractivity (Wildman–Crippen MR) is 107 cm³/mol. The highest BCUT2D eigenvalue weighted by Gasteiger charge is 2.23. The number of aliphatic hydroxyl groups is 1. The molecule has 0 unspecified atom stereocenters. The zero-order valence-electron chi connectivity index (χ0n) is 16.1. The number of carbonyl (C=O) groups excluding carboxylic acids is 1. The molecule has 5 nitrogen and oxygen atoms in total. The second kappa shape index (κ2) is 8.01. The van der Waals surface area contributed by atoms with Gasteiger partial charge in [-0.25, -0.2) is 0 Å². The van der Waals surface area contributed by atoms with Gasteiger partial charge in [0.2, 0.25) is 0 Å². The third kappa shape index (κ3) is 5.01. The molecule has 27 heavy (non-hydrogen) atoms. The minimum Gasteiger partial charge on any atom is -0.506 e. The average molecular weight is 368 g/mol. The van der Waals surface area contributed by atoms with Crippen LogP contribution in [0.2, 0.25) is 0 Å². The van der Waals surface area contributed by atoms with Gasteiger partial charge in [-0.05, 0) is 56.5 Å². The van der Waals surface area contributed by atoms with Crippen LogP contribution in [-0.2, 0) is 6.42 Å². The van der Waals surface area contributed by atoms with Gasteiger partial charge in [-0.15, -0.1) is 0 Å². The summed E-state index contributed by atoms with van der Waals surface area (Å²) in [7, 11) is 0. The smallest absolute Gasteiger partial charge is 0.253 e. The van der Waals surface area contributed by atoms with E-state index in [-0.39, 0.29) is 11.7 Å². The quantitative estimate of drug-likeness (QED) is 0.851. The first kappa shape index (κ1) is 19.2. The molecular formula is C22H28N2O3. The second-order valence-electron chi connectivity index (χ2n) is 7.78. The van der Waals surface area contributed by atoms with Crippen molar-refractivity contribution in [1.82, 2.24) is 4.90 Å². The lowest BCUT2D eigenvalue weighted by Crippen LogP contribution is -2.48. The van der Waals surface area contributed by atoms with Crippen LogP contribution in [0.3, 0.4) is 0 Å². The number of hydrogen-bond acceptors (Lipinski definition) is 4. The topological polar surface area (TPSA) is 64.0 Å². The number of phenols is 1. The molecule has 5 heteroatoms. The number of rotatable bonds is 5. The fourth-order valence-corrected chi connectivity index (χ4v) is 3.37. The Morgan fingerprint density at radius 1 is 1.04 bits per heavy atom. The fraction of sp³-hybridized carbons (Fsp3) is 0.409. The van der Waals surface area contributed by atoms with Crippen LogP contribution in [0.4, 0.5) is 5.69 Å². The van der Waals surface area contributed by atoms with Gasteiger partial charge in [-0.3, -0.25) is 4.79 Å². The monoisotopic (exact) mass is 368 g/mol. The zero-order chi connectivity index (χ0) is 19.4. The minimum absolute atomic E-state index is 0.0389. The summed E-state index contributed by atoms with van der Waals surface area (Å²) in [6.07, 6.45) is 1.40. The van der Waals surface area contributed by atoms with Crippen LogP contribution < -0.4 is 4.90 Å². The number of benzene rings is 2. The SMILES string of the molecule is CC(C)(O)CCc1cccc(C(=O)N2CCN(c3ccccc3O)CC2)c1. The largest absolute Gasteiger partial charge is 0.506 e. The molecule has 3 rings (SSSR count). The average Bonchev–Trinajstić information content (AvgIpc) is 2.66. The summed E-state index contributed by atoms with van der Waals surface area (Å²) in [5.74, 6) is 0.314. The van der Waals surface area contributed by atoms with Gasteiger partial charge in [0.25, 0.3) is 5.91 Å². The van der Waals surface area contributed by atoms with Gasteiger partial charge < -0.3 is 20.0 Å². The number of amides is 1. The number of hydrogen-bond donors (Lipinski definition) is 2. The molecule has 0 aromatic heterocycles. The first-order chi connectivity index (χ1) is 12.8. The number of aromatic hydroxyl groups is 1. The molecule has 1 fully saturated rings. The Labute approximate surface area is 160 Å². The Bertz CT molecular complexity index is 790. The molecule has 2 aromatic carbocycles. The van der Waals surface area contributed by atoms with Crippen molar-refractivity contribution in [3.05, 3.63) is 59.7 Å². The summed E-state index contributed by atoms with van der Waals surface area (Å²) in [5, 5.41) is 19.9. The number of anilines is 1. The predicted octanol–water partition coefficient (Wildman–Crippen LogP) is 3.06. The highest BCUT2D eigenvalue weighted by atomic mass is 16.3. The summed E-state index contributed by atoms with van der Waals surface area (Å²) in [5.41, 5.74) is 1.87. The van der Waals surface area contributed by atoms with Gasteiger partial charge in [0.1, 0.15) is 5.75 Å². The molecule has 0 spiro atoms. The second-order valence-corrected chi connectivity index (χ2v) is 7.78. The van der Waals surface area contributed by atoms with Gasteiger partial charge >= 0.3 is 0 Å². The van der Waals surface area contributed by atoms with Crippen molar-refractivity contribution >= 4 is 11.6 Å². The van der Waals surface area contributed by atoms with E-state index >= 15 is 0 Å². The Kier molecular flexibility index (Phi) is 5.71. The molecule has 0 aliphatic carbocycles. The normalized spacial score (nSPS) is 15.1. The van der Waals surface area contributed by atoms with E-state index in [1.807, 2.05) is 47.4 Å². The molecular weight excluding hydrogens is 340 g/mol. The van der Waals surface area contributed by atoms with Crippen molar-refractivity contribution in [2.24, 2.45) is 0 Å². The molecule has 1 amide bonds. The molecule has 0 bridgehead atoms. The summed E-state index contributed by atoms with van der Waals surface area (Å²) in [6.45, 7) is 6.24.